The molecule has 4 rings (SSSR count). The van der Waals surface area contributed by atoms with E-state index in [4.69, 9.17) is 21.1 Å². The Labute approximate surface area is 186 Å². The molecule has 1 amide bonds. The molecule has 0 bridgehead atoms. The fourth-order valence-corrected chi connectivity index (χ4v) is 3.60. The van der Waals surface area contributed by atoms with Crippen LogP contribution >= 0.6 is 11.6 Å². The minimum absolute atomic E-state index is 0. The highest BCUT2D eigenvalue weighted by molar-refractivity contribution is 6.32. The Hall–Kier alpha value is -2.19. The maximum absolute atomic E-state index is 12.7. The Morgan fingerprint density at radius 2 is 1.74 bits per heavy atom. The van der Waals surface area contributed by atoms with Gasteiger partial charge in [-0.15, -0.1) is 0 Å². The van der Waals surface area contributed by atoms with Crippen molar-refractivity contribution in [1.82, 2.24) is 4.90 Å². The van der Waals surface area contributed by atoms with E-state index in [1.54, 1.807) is 29.2 Å². The summed E-state index contributed by atoms with van der Waals surface area (Å²) in [7, 11) is 0. The quantitative estimate of drug-likeness (QED) is 0.609. The van der Waals surface area contributed by atoms with Crippen molar-refractivity contribution < 1.29 is 27.4 Å². The predicted octanol–water partition coefficient (Wildman–Crippen LogP) is 5.06. The van der Waals surface area contributed by atoms with E-state index in [1.807, 2.05) is 13.8 Å². The topological polar surface area (TPSA) is 38.8 Å². The number of carbonyl (C=O) groups excluding carboxylic acids is 1. The lowest BCUT2D eigenvalue weighted by atomic mass is 9.78. The highest BCUT2D eigenvalue weighted by Gasteiger charge is 2.50. The third-order valence-corrected chi connectivity index (χ3v) is 5.31. The summed E-state index contributed by atoms with van der Waals surface area (Å²) in [5.41, 5.74) is 0.713. The van der Waals surface area contributed by atoms with E-state index >= 15 is 0 Å². The Morgan fingerprint density at radius 1 is 1.13 bits per heavy atom. The largest absolute Gasteiger partial charge is 0.487 e. The van der Waals surface area contributed by atoms with Gasteiger partial charge < -0.3 is 14.4 Å². The third-order valence-electron chi connectivity index (χ3n) is 5.01. The van der Waals surface area contributed by atoms with E-state index in [0.717, 1.165) is 44.0 Å². The number of likely N-dealkylation sites (tertiary alicyclic amines) is 1. The van der Waals surface area contributed by atoms with Gasteiger partial charge in [0, 0.05) is 27.1 Å². The average Bonchev–Trinajstić information content (AvgIpc) is 2.66. The van der Waals surface area contributed by atoms with Crippen LogP contribution in [0.3, 0.4) is 0 Å². The second-order valence-corrected chi connectivity index (χ2v) is 7.69. The molecule has 3 radical (unpaired) electrons. The maximum Gasteiger partial charge on any atom is 0.416 e. The van der Waals surface area contributed by atoms with Gasteiger partial charge in [0.15, 0.2) is 0 Å². The van der Waals surface area contributed by atoms with E-state index < -0.39 is 11.7 Å². The molecular formula is C22H23BClF3NO3. The second-order valence-electron chi connectivity index (χ2n) is 7.28. The van der Waals surface area contributed by atoms with Crippen LogP contribution in [0.4, 0.5) is 13.2 Å². The molecule has 0 aliphatic carbocycles. The molecule has 0 saturated carbocycles. The van der Waals surface area contributed by atoms with Gasteiger partial charge in [-0.2, -0.15) is 13.2 Å². The van der Waals surface area contributed by atoms with E-state index in [-0.39, 0.29) is 37.1 Å². The molecule has 2 fully saturated rings. The Morgan fingerprint density at radius 3 is 2.23 bits per heavy atom. The van der Waals surface area contributed by atoms with E-state index in [9.17, 15) is 18.0 Å². The molecule has 165 valence electrons. The molecule has 0 N–H and O–H groups in total. The lowest BCUT2D eigenvalue weighted by molar-refractivity contribution is -0.176. The van der Waals surface area contributed by atoms with Crippen molar-refractivity contribution >= 4 is 25.9 Å². The zero-order valence-corrected chi connectivity index (χ0v) is 18.1. The molecule has 1 spiro atoms. The SMILES string of the molecule is CC.O=C(c1ccc(COc2ccc(C(F)(F)F)cc2Cl)cc1)N1CC2(COC2)C1.[B]. The minimum Gasteiger partial charge on any atom is -0.487 e. The van der Waals surface area contributed by atoms with Crippen LogP contribution < -0.4 is 4.74 Å². The number of rotatable bonds is 4. The molecule has 2 saturated heterocycles. The van der Waals surface area contributed by atoms with Crippen LogP contribution in [0.1, 0.15) is 35.3 Å². The van der Waals surface area contributed by atoms with Crippen LogP contribution in [0.5, 0.6) is 5.75 Å². The summed E-state index contributed by atoms with van der Waals surface area (Å²) in [5, 5.41) is -0.103. The van der Waals surface area contributed by atoms with Gasteiger partial charge in [-0.25, -0.2) is 0 Å². The van der Waals surface area contributed by atoms with Crippen LogP contribution in [0.15, 0.2) is 42.5 Å². The number of nitrogens with zero attached hydrogens (tertiary/aromatic N) is 1. The summed E-state index contributed by atoms with van der Waals surface area (Å²) < 4.78 is 48.7. The third kappa shape index (κ3) is 5.55. The fraction of sp³-hybridized carbons (Fsp3) is 0.409. The number of carbonyl (C=O) groups is 1. The summed E-state index contributed by atoms with van der Waals surface area (Å²) in [6.07, 6.45) is -4.45. The molecular weight excluding hydrogens is 430 g/mol. The molecule has 4 nitrogen and oxygen atoms in total. The maximum atomic E-state index is 12.7. The van der Waals surface area contributed by atoms with Crippen molar-refractivity contribution in [2.75, 3.05) is 26.3 Å². The van der Waals surface area contributed by atoms with Gasteiger partial charge in [0.2, 0.25) is 0 Å². The number of hydrogen-bond donors (Lipinski definition) is 0. The number of ether oxygens (including phenoxy) is 2. The summed E-state index contributed by atoms with van der Waals surface area (Å²) in [6.45, 7) is 7.02. The highest BCUT2D eigenvalue weighted by Crippen LogP contribution is 2.38. The van der Waals surface area contributed by atoms with Crippen LogP contribution in [-0.4, -0.2) is 45.5 Å². The zero-order chi connectivity index (χ0) is 21.9. The van der Waals surface area contributed by atoms with Crippen LogP contribution in [-0.2, 0) is 17.5 Å². The molecule has 2 aromatic rings. The van der Waals surface area contributed by atoms with Gasteiger partial charge in [0.05, 0.1) is 29.2 Å². The smallest absolute Gasteiger partial charge is 0.416 e. The number of alkyl halides is 3. The first-order valence-electron chi connectivity index (χ1n) is 9.71. The van der Waals surface area contributed by atoms with Crippen molar-refractivity contribution in [2.45, 2.75) is 26.6 Å². The highest BCUT2D eigenvalue weighted by atomic mass is 35.5. The van der Waals surface area contributed by atoms with Gasteiger partial charge in [0.1, 0.15) is 12.4 Å². The minimum atomic E-state index is -4.45. The number of benzene rings is 2. The first-order chi connectivity index (χ1) is 14.3. The van der Waals surface area contributed by atoms with Crippen molar-refractivity contribution in [2.24, 2.45) is 5.41 Å². The average molecular weight is 453 g/mol. The van der Waals surface area contributed by atoms with E-state index in [2.05, 4.69) is 0 Å². The normalized spacial score (nSPS) is 16.3. The van der Waals surface area contributed by atoms with Crippen molar-refractivity contribution in [3.05, 3.63) is 64.2 Å². The number of halogens is 4. The Balaban J connectivity index is 0.00000111. The summed E-state index contributed by atoms with van der Waals surface area (Å²) in [5.74, 6) is 0.152. The summed E-state index contributed by atoms with van der Waals surface area (Å²) in [4.78, 5) is 14.2. The standard InChI is InChI=1S/C20H17ClF3NO3.C2H6.B/c21-16-7-15(20(22,23)24)5-6-17(16)28-8-13-1-3-14(4-2-13)18(26)25-9-19(10-25)11-27-12-19;1-2;/h1-7H,8-12H2;1-2H3;. The van der Waals surface area contributed by atoms with Crippen LogP contribution in [0.2, 0.25) is 5.02 Å². The predicted molar refractivity (Wildman–Crippen MR) is 113 cm³/mol. The molecule has 9 heteroatoms. The molecule has 31 heavy (non-hydrogen) atoms. The number of amides is 1. The number of hydrogen-bond acceptors (Lipinski definition) is 3. The van der Waals surface area contributed by atoms with Gasteiger partial charge in [-0.1, -0.05) is 37.6 Å². The fourth-order valence-electron chi connectivity index (χ4n) is 3.36. The van der Waals surface area contributed by atoms with E-state index in [0.29, 0.717) is 5.56 Å². The van der Waals surface area contributed by atoms with Gasteiger partial charge in [-0.3, -0.25) is 4.79 Å². The molecule has 0 unspecified atom stereocenters. The monoisotopic (exact) mass is 452 g/mol. The molecule has 2 aliphatic heterocycles. The van der Waals surface area contributed by atoms with Gasteiger partial charge >= 0.3 is 6.18 Å². The van der Waals surface area contributed by atoms with Crippen molar-refractivity contribution in [3.8, 4) is 5.75 Å². The second kappa shape index (κ2) is 9.96. The summed E-state index contributed by atoms with van der Waals surface area (Å²) in [6, 6.07) is 9.92. The molecule has 0 atom stereocenters. The zero-order valence-electron chi connectivity index (χ0n) is 17.3. The summed E-state index contributed by atoms with van der Waals surface area (Å²) >= 11 is 5.88. The molecule has 2 aliphatic rings. The molecule has 0 aromatic heterocycles. The van der Waals surface area contributed by atoms with Crippen LogP contribution in [0, 0.1) is 5.41 Å². The van der Waals surface area contributed by atoms with Crippen LogP contribution in [0.25, 0.3) is 0 Å². The van der Waals surface area contributed by atoms with Crippen molar-refractivity contribution in [3.63, 3.8) is 0 Å². The molecule has 2 aromatic carbocycles. The lowest BCUT2D eigenvalue weighted by Crippen LogP contribution is -2.67. The van der Waals surface area contributed by atoms with Crippen molar-refractivity contribution in [1.29, 1.82) is 0 Å². The Bertz CT molecular complexity index is 894. The lowest BCUT2D eigenvalue weighted by Gasteiger charge is -2.54. The first kappa shape index (κ1) is 25.1. The van der Waals surface area contributed by atoms with E-state index in [1.165, 1.54) is 6.07 Å². The molecule has 2 heterocycles. The Kier molecular flexibility index (Phi) is 8.06. The van der Waals surface area contributed by atoms with Gasteiger partial charge in [-0.05, 0) is 35.9 Å². The first-order valence-corrected chi connectivity index (χ1v) is 10.1. The van der Waals surface area contributed by atoms with Gasteiger partial charge in [0.25, 0.3) is 5.91 Å².